The molecule has 0 saturated carbocycles. The fourth-order valence-electron chi connectivity index (χ4n) is 2.63. The predicted octanol–water partition coefficient (Wildman–Crippen LogP) is 4.42. The Balaban J connectivity index is 0.000000141. The Morgan fingerprint density at radius 2 is 0.875 bits per heavy atom. The molecule has 0 aliphatic heterocycles. The van der Waals surface area contributed by atoms with E-state index < -0.39 is 11.9 Å². The van der Waals surface area contributed by atoms with Crippen LogP contribution in [0.4, 0.5) is 0 Å². The lowest BCUT2D eigenvalue weighted by atomic mass is 9.81. The highest BCUT2D eigenvalue weighted by atomic mass is 16.4. The van der Waals surface area contributed by atoms with E-state index >= 15 is 0 Å². The van der Waals surface area contributed by atoms with E-state index in [1.165, 1.54) is 40.5 Å². The van der Waals surface area contributed by atoms with E-state index in [1.807, 2.05) is 0 Å². The minimum atomic E-state index is -1.13. The van der Waals surface area contributed by atoms with Crippen LogP contribution in [0.25, 0.3) is 22.3 Å². The van der Waals surface area contributed by atoms with Crippen molar-refractivity contribution in [3.63, 3.8) is 0 Å². The first-order chi connectivity index (χ1) is 11.6. The molecule has 0 spiro atoms. The summed E-state index contributed by atoms with van der Waals surface area (Å²) in [4.78, 5) is 20.8. The van der Waals surface area contributed by atoms with Gasteiger partial charge in [0.25, 0.3) is 0 Å². The van der Waals surface area contributed by atoms with Crippen molar-refractivity contribution in [2.24, 2.45) is 0 Å². The Morgan fingerprint density at radius 3 is 1.17 bits per heavy atom. The number of carboxylic acids is 2. The smallest absolute Gasteiger partial charge is 0.335 e. The van der Waals surface area contributed by atoms with Crippen LogP contribution in [0.15, 0.2) is 72.8 Å². The van der Waals surface area contributed by atoms with Crippen LogP contribution in [0, 0.1) is 0 Å². The minimum Gasteiger partial charge on any atom is -0.478 e. The fourth-order valence-corrected chi connectivity index (χ4v) is 2.63. The van der Waals surface area contributed by atoms with Crippen molar-refractivity contribution in [2.75, 3.05) is 0 Å². The van der Waals surface area contributed by atoms with Gasteiger partial charge in [0.05, 0.1) is 11.1 Å². The van der Waals surface area contributed by atoms with Crippen LogP contribution in [-0.4, -0.2) is 22.2 Å². The van der Waals surface area contributed by atoms with Crippen LogP contribution in [0.1, 0.15) is 20.7 Å². The average Bonchev–Trinajstić information content (AvgIpc) is 2.60. The van der Waals surface area contributed by atoms with Crippen molar-refractivity contribution < 1.29 is 19.8 Å². The normalized spacial score (nSPS) is 10.3. The van der Waals surface area contributed by atoms with Crippen LogP contribution in [0.5, 0.6) is 0 Å². The maximum atomic E-state index is 10.4. The van der Waals surface area contributed by atoms with Gasteiger partial charge in [0.1, 0.15) is 0 Å². The zero-order valence-corrected chi connectivity index (χ0v) is 12.6. The molecule has 1 aliphatic carbocycles. The molecule has 0 fully saturated rings. The van der Waals surface area contributed by atoms with Crippen LogP contribution in [-0.2, 0) is 0 Å². The van der Waals surface area contributed by atoms with Gasteiger partial charge in [-0.25, -0.2) is 9.59 Å². The van der Waals surface area contributed by atoms with Gasteiger partial charge in [-0.15, -0.1) is 0 Å². The van der Waals surface area contributed by atoms with Crippen molar-refractivity contribution >= 4 is 11.9 Å². The Morgan fingerprint density at radius 1 is 0.542 bits per heavy atom. The van der Waals surface area contributed by atoms with Crippen LogP contribution < -0.4 is 0 Å². The number of aromatic carboxylic acids is 2. The van der Waals surface area contributed by atoms with Crippen molar-refractivity contribution in [1.82, 2.24) is 0 Å². The molecular formula is C20H14O4. The third-order valence-corrected chi connectivity index (χ3v) is 3.79. The number of carboxylic acid groups (broad SMARTS) is 2. The van der Waals surface area contributed by atoms with Gasteiger partial charge >= 0.3 is 11.9 Å². The lowest BCUT2D eigenvalue weighted by Crippen LogP contribution is -2.01. The summed E-state index contributed by atoms with van der Waals surface area (Å²) in [6.45, 7) is 0. The lowest BCUT2D eigenvalue weighted by Gasteiger charge is -2.22. The first-order valence-corrected chi connectivity index (χ1v) is 7.33. The number of hydrogen-bond donors (Lipinski definition) is 2. The molecule has 0 unspecified atom stereocenters. The zero-order chi connectivity index (χ0) is 17.1. The van der Waals surface area contributed by atoms with Crippen LogP contribution in [0.3, 0.4) is 0 Å². The van der Waals surface area contributed by atoms with Gasteiger partial charge in [-0.2, -0.15) is 0 Å². The molecule has 24 heavy (non-hydrogen) atoms. The largest absolute Gasteiger partial charge is 0.478 e. The fraction of sp³-hybridized carbons (Fsp3) is 0. The second-order valence-corrected chi connectivity index (χ2v) is 5.28. The molecule has 0 aromatic heterocycles. The van der Waals surface area contributed by atoms with Gasteiger partial charge in [-0.05, 0) is 40.5 Å². The van der Waals surface area contributed by atoms with Gasteiger partial charge in [0.2, 0.25) is 0 Å². The SMILES string of the molecule is O=C(O)c1cccc(C(=O)O)c1.c1ccc2c(c1)-c1ccccc1-2. The third-order valence-electron chi connectivity index (χ3n) is 3.79. The Hall–Kier alpha value is -3.40. The van der Waals surface area contributed by atoms with E-state index in [0.29, 0.717) is 0 Å². The summed E-state index contributed by atoms with van der Waals surface area (Å²) in [7, 11) is 0. The summed E-state index contributed by atoms with van der Waals surface area (Å²) in [6, 6.07) is 22.3. The molecule has 3 aromatic carbocycles. The predicted molar refractivity (Wildman–Crippen MR) is 91.2 cm³/mol. The first kappa shape index (κ1) is 15.5. The highest BCUT2D eigenvalue weighted by Crippen LogP contribution is 2.46. The number of carbonyl (C=O) groups is 2. The van der Waals surface area contributed by atoms with E-state index in [-0.39, 0.29) is 11.1 Å². The standard InChI is InChI=1S/C12H8.C8H6O4/c1-2-6-10-9(5-1)11-7-3-4-8-12(10)11;9-7(10)5-2-1-3-6(4-5)8(11)12/h1-8H;1-4H,(H,9,10)(H,11,12). The Bertz CT molecular complexity index is 799. The number of rotatable bonds is 2. The maximum absolute atomic E-state index is 10.4. The summed E-state index contributed by atoms with van der Waals surface area (Å²) >= 11 is 0. The van der Waals surface area contributed by atoms with E-state index in [4.69, 9.17) is 10.2 Å². The second-order valence-electron chi connectivity index (χ2n) is 5.28. The molecule has 4 heteroatoms. The number of benzene rings is 3. The molecule has 0 radical (unpaired) electrons. The highest BCUT2D eigenvalue weighted by Gasteiger charge is 2.19. The molecule has 3 aromatic rings. The van der Waals surface area contributed by atoms with Crippen molar-refractivity contribution in [3.05, 3.63) is 83.9 Å². The lowest BCUT2D eigenvalue weighted by molar-refractivity contribution is 0.0696. The summed E-state index contributed by atoms with van der Waals surface area (Å²) in [5.74, 6) is -2.25. The maximum Gasteiger partial charge on any atom is 0.335 e. The third kappa shape index (κ3) is 2.90. The van der Waals surface area contributed by atoms with E-state index in [2.05, 4.69) is 48.5 Å². The van der Waals surface area contributed by atoms with E-state index in [1.54, 1.807) is 0 Å². The topological polar surface area (TPSA) is 74.6 Å². The molecule has 4 rings (SSSR count). The molecule has 0 amide bonds. The van der Waals surface area contributed by atoms with Crippen molar-refractivity contribution in [3.8, 4) is 22.3 Å². The van der Waals surface area contributed by atoms with Gasteiger partial charge in [-0.1, -0.05) is 54.6 Å². The van der Waals surface area contributed by atoms with Gasteiger partial charge in [-0.3, -0.25) is 0 Å². The first-order valence-electron chi connectivity index (χ1n) is 7.33. The van der Waals surface area contributed by atoms with Crippen LogP contribution in [0.2, 0.25) is 0 Å². The number of hydrogen-bond acceptors (Lipinski definition) is 2. The monoisotopic (exact) mass is 318 g/mol. The summed E-state index contributed by atoms with van der Waals surface area (Å²) in [6.07, 6.45) is 0. The molecule has 0 saturated heterocycles. The van der Waals surface area contributed by atoms with Crippen LogP contribution >= 0.6 is 0 Å². The molecule has 2 N–H and O–H groups in total. The summed E-state index contributed by atoms with van der Waals surface area (Å²) in [5, 5.41) is 17.0. The van der Waals surface area contributed by atoms with Crippen molar-refractivity contribution in [1.29, 1.82) is 0 Å². The second kappa shape index (κ2) is 6.38. The molecule has 0 heterocycles. The zero-order valence-electron chi connectivity index (χ0n) is 12.6. The van der Waals surface area contributed by atoms with Gasteiger partial charge in [0.15, 0.2) is 0 Å². The Labute approximate surface area is 138 Å². The van der Waals surface area contributed by atoms with Crippen molar-refractivity contribution in [2.45, 2.75) is 0 Å². The molecular weight excluding hydrogens is 304 g/mol. The molecule has 4 nitrogen and oxygen atoms in total. The Kier molecular flexibility index (Phi) is 4.12. The van der Waals surface area contributed by atoms with E-state index in [0.717, 1.165) is 6.07 Å². The van der Waals surface area contributed by atoms with Gasteiger partial charge in [0, 0.05) is 0 Å². The quantitative estimate of drug-likeness (QED) is 0.574. The molecule has 118 valence electrons. The molecule has 0 atom stereocenters. The van der Waals surface area contributed by atoms with Gasteiger partial charge < -0.3 is 10.2 Å². The minimum absolute atomic E-state index is 0.0186. The summed E-state index contributed by atoms with van der Waals surface area (Å²) in [5.41, 5.74) is 5.55. The summed E-state index contributed by atoms with van der Waals surface area (Å²) < 4.78 is 0. The highest BCUT2D eigenvalue weighted by molar-refractivity contribution is 6.02. The molecule has 0 bridgehead atoms. The number of fused-ring (bicyclic) bond motifs is 4. The average molecular weight is 318 g/mol. The van der Waals surface area contributed by atoms with E-state index in [9.17, 15) is 9.59 Å². The molecule has 1 aliphatic rings.